The summed E-state index contributed by atoms with van der Waals surface area (Å²) < 4.78 is 8.29. The summed E-state index contributed by atoms with van der Waals surface area (Å²) in [5, 5.41) is 16.7. The molecule has 30 heavy (non-hydrogen) atoms. The van der Waals surface area contributed by atoms with Gasteiger partial charge in [0, 0.05) is 43.9 Å². The number of benzene rings is 1. The number of halogens is 1. The van der Waals surface area contributed by atoms with Crippen molar-refractivity contribution < 1.29 is 4.42 Å². The van der Waals surface area contributed by atoms with E-state index in [4.69, 9.17) is 4.42 Å². The largest absolute Gasteiger partial charge is 0.459 e. The van der Waals surface area contributed by atoms with Crippen LogP contribution >= 0.6 is 24.0 Å². The Morgan fingerprint density at radius 3 is 2.87 bits per heavy atom. The van der Waals surface area contributed by atoms with Crippen LogP contribution in [-0.4, -0.2) is 34.3 Å². The first-order valence-electron chi connectivity index (χ1n) is 10.6. The number of hydrogen-bond donors (Lipinski definition) is 2. The second-order valence-corrected chi connectivity index (χ2v) is 7.60. The van der Waals surface area contributed by atoms with Crippen molar-refractivity contribution in [2.24, 2.45) is 4.99 Å². The Balaban J connectivity index is 0.00000256. The third kappa shape index (κ3) is 5.14. The number of aromatic nitrogens is 3. The molecular formula is C22H31IN6O. The van der Waals surface area contributed by atoms with Crippen LogP contribution in [0.2, 0.25) is 0 Å². The first-order valence-corrected chi connectivity index (χ1v) is 10.6. The Labute approximate surface area is 194 Å². The molecule has 0 fully saturated rings. The minimum absolute atomic E-state index is 0. The molecule has 8 heteroatoms. The monoisotopic (exact) mass is 522 g/mol. The van der Waals surface area contributed by atoms with Crippen LogP contribution in [0.15, 0.2) is 33.7 Å². The van der Waals surface area contributed by atoms with Crippen LogP contribution in [0.25, 0.3) is 11.0 Å². The van der Waals surface area contributed by atoms with Crippen molar-refractivity contribution in [3.63, 3.8) is 0 Å². The summed E-state index contributed by atoms with van der Waals surface area (Å²) >= 11 is 0. The molecule has 3 heterocycles. The molecule has 0 unspecified atom stereocenters. The Hall–Kier alpha value is -2.10. The third-order valence-electron chi connectivity index (χ3n) is 5.64. The Bertz CT molecular complexity index is 993. The molecule has 1 aliphatic heterocycles. The summed E-state index contributed by atoms with van der Waals surface area (Å²) in [4.78, 5) is 4.32. The number of para-hydroxylation sites is 1. The number of rotatable bonds is 6. The summed E-state index contributed by atoms with van der Waals surface area (Å²) in [6, 6.07) is 8.13. The van der Waals surface area contributed by atoms with E-state index in [2.05, 4.69) is 43.4 Å². The van der Waals surface area contributed by atoms with Crippen molar-refractivity contribution >= 4 is 40.9 Å². The van der Waals surface area contributed by atoms with Gasteiger partial charge in [-0.15, -0.1) is 34.2 Å². The summed E-state index contributed by atoms with van der Waals surface area (Å²) in [6.07, 6.45) is 6.72. The van der Waals surface area contributed by atoms with Gasteiger partial charge in [-0.1, -0.05) is 24.6 Å². The number of hydrogen-bond acceptors (Lipinski definition) is 4. The first-order chi connectivity index (χ1) is 14.3. The van der Waals surface area contributed by atoms with Gasteiger partial charge in [-0.3, -0.25) is 4.99 Å². The second-order valence-electron chi connectivity index (χ2n) is 7.60. The number of nitrogens with one attached hydrogen (secondary N) is 2. The van der Waals surface area contributed by atoms with E-state index in [1.165, 1.54) is 30.2 Å². The molecule has 162 valence electrons. The van der Waals surface area contributed by atoms with Crippen LogP contribution in [0.4, 0.5) is 0 Å². The Morgan fingerprint density at radius 1 is 1.17 bits per heavy atom. The Morgan fingerprint density at radius 2 is 2.03 bits per heavy atom. The molecule has 0 aliphatic carbocycles. The van der Waals surface area contributed by atoms with Crippen LogP contribution in [0.5, 0.6) is 0 Å². The third-order valence-corrected chi connectivity index (χ3v) is 5.64. The molecule has 0 radical (unpaired) electrons. The first kappa shape index (κ1) is 22.6. The van der Waals surface area contributed by atoms with Crippen molar-refractivity contribution in [2.45, 2.75) is 58.5 Å². The molecule has 1 aliphatic rings. The standard InChI is InChI=1S/C22H30N6O.HI/c1-16-17-9-5-6-10-18(17)29-19(16)15-25-22(23-2)24-13-8-12-21-27-26-20-11-4-3-7-14-28(20)21;/h5-6,9-10H,3-4,7-8,11-15H2,1-2H3,(H2,23,24,25);1H. The molecule has 2 aromatic heterocycles. The van der Waals surface area contributed by atoms with E-state index < -0.39 is 0 Å². The fourth-order valence-electron chi connectivity index (χ4n) is 3.96. The molecule has 7 nitrogen and oxygen atoms in total. The van der Waals surface area contributed by atoms with Gasteiger partial charge in [-0.05, 0) is 32.3 Å². The van der Waals surface area contributed by atoms with Gasteiger partial charge in [0.1, 0.15) is 23.0 Å². The number of fused-ring (bicyclic) bond motifs is 2. The van der Waals surface area contributed by atoms with Crippen LogP contribution in [0, 0.1) is 6.92 Å². The predicted molar refractivity (Wildman–Crippen MR) is 130 cm³/mol. The highest BCUT2D eigenvalue weighted by atomic mass is 127. The van der Waals surface area contributed by atoms with E-state index in [-0.39, 0.29) is 24.0 Å². The molecule has 2 N–H and O–H groups in total. The van der Waals surface area contributed by atoms with E-state index >= 15 is 0 Å². The number of guanidine groups is 1. The summed E-state index contributed by atoms with van der Waals surface area (Å²) in [6.45, 7) is 4.60. The van der Waals surface area contributed by atoms with Crippen molar-refractivity contribution in [3.05, 3.63) is 47.2 Å². The zero-order valence-corrected chi connectivity index (χ0v) is 20.1. The van der Waals surface area contributed by atoms with E-state index in [1.54, 1.807) is 7.05 Å². The zero-order chi connectivity index (χ0) is 20.1. The summed E-state index contributed by atoms with van der Waals surface area (Å²) in [7, 11) is 1.79. The normalized spacial score (nSPS) is 14.1. The van der Waals surface area contributed by atoms with Gasteiger partial charge in [0.2, 0.25) is 0 Å². The quantitative estimate of drug-likeness (QED) is 0.222. The van der Waals surface area contributed by atoms with Crippen molar-refractivity contribution in [2.75, 3.05) is 13.6 Å². The second kappa shape index (κ2) is 10.8. The van der Waals surface area contributed by atoms with Crippen LogP contribution < -0.4 is 10.6 Å². The fourth-order valence-corrected chi connectivity index (χ4v) is 3.96. The lowest BCUT2D eigenvalue weighted by atomic mass is 10.1. The minimum Gasteiger partial charge on any atom is -0.459 e. The van der Waals surface area contributed by atoms with Gasteiger partial charge in [0.15, 0.2) is 5.96 Å². The molecule has 0 atom stereocenters. The highest BCUT2D eigenvalue weighted by Gasteiger charge is 2.14. The molecule has 3 aromatic rings. The molecule has 0 saturated heterocycles. The topological polar surface area (TPSA) is 80.3 Å². The predicted octanol–water partition coefficient (Wildman–Crippen LogP) is 3.97. The van der Waals surface area contributed by atoms with Gasteiger partial charge in [0.25, 0.3) is 0 Å². The molecule has 0 saturated carbocycles. The molecular weight excluding hydrogens is 491 g/mol. The minimum atomic E-state index is 0. The van der Waals surface area contributed by atoms with Gasteiger partial charge < -0.3 is 19.6 Å². The highest BCUT2D eigenvalue weighted by molar-refractivity contribution is 14.0. The molecule has 0 amide bonds. The summed E-state index contributed by atoms with van der Waals surface area (Å²) in [5.41, 5.74) is 2.10. The van der Waals surface area contributed by atoms with Gasteiger partial charge in [-0.2, -0.15) is 0 Å². The van der Waals surface area contributed by atoms with Crippen LogP contribution in [0.3, 0.4) is 0 Å². The zero-order valence-electron chi connectivity index (χ0n) is 17.8. The van der Waals surface area contributed by atoms with Crippen molar-refractivity contribution in [1.82, 2.24) is 25.4 Å². The maximum atomic E-state index is 5.97. The van der Waals surface area contributed by atoms with Gasteiger partial charge in [-0.25, -0.2) is 0 Å². The molecule has 0 spiro atoms. The lowest BCUT2D eigenvalue weighted by molar-refractivity contribution is 0.534. The molecule has 4 rings (SSSR count). The van der Waals surface area contributed by atoms with E-state index in [0.717, 1.165) is 61.3 Å². The maximum Gasteiger partial charge on any atom is 0.191 e. The fraction of sp³-hybridized carbons (Fsp3) is 0.500. The van der Waals surface area contributed by atoms with Crippen LogP contribution in [-0.2, 0) is 25.9 Å². The van der Waals surface area contributed by atoms with Crippen molar-refractivity contribution in [1.29, 1.82) is 0 Å². The lowest BCUT2D eigenvalue weighted by Gasteiger charge is -2.11. The van der Waals surface area contributed by atoms with E-state index in [0.29, 0.717) is 6.54 Å². The Kier molecular flexibility index (Phi) is 8.12. The molecule has 1 aromatic carbocycles. The van der Waals surface area contributed by atoms with E-state index in [1.807, 2.05) is 18.2 Å². The number of aliphatic imine (C=N–C) groups is 1. The summed E-state index contributed by atoms with van der Waals surface area (Å²) in [5.74, 6) is 4.00. The average Bonchev–Trinajstić information content (AvgIpc) is 3.18. The highest BCUT2D eigenvalue weighted by Crippen LogP contribution is 2.24. The average molecular weight is 522 g/mol. The van der Waals surface area contributed by atoms with Gasteiger partial charge >= 0.3 is 0 Å². The number of aryl methyl sites for hydroxylation is 3. The van der Waals surface area contributed by atoms with Crippen molar-refractivity contribution in [3.8, 4) is 0 Å². The van der Waals surface area contributed by atoms with Gasteiger partial charge in [0.05, 0.1) is 6.54 Å². The number of furan rings is 1. The molecule has 0 bridgehead atoms. The number of nitrogens with zero attached hydrogens (tertiary/aromatic N) is 4. The smallest absolute Gasteiger partial charge is 0.191 e. The van der Waals surface area contributed by atoms with Crippen LogP contribution in [0.1, 0.15) is 48.7 Å². The SMILES string of the molecule is CN=C(NCCCc1nnc2n1CCCCC2)NCc1oc2ccccc2c1C.I. The maximum absolute atomic E-state index is 5.97. The van der Waals surface area contributed by atoms with E-state index in [9.17, 15) is 0 Å². The lowest BCUT2D eigenvalue weighted by Crippen LogP contribution is -2.37.